The molecule has 1 aliphatic heterocycles. The van der Waals surface area contributed by atoms with Gasteiger partial charge in [0.15, 0.2) is 0 Å². The Morgan fingerprint density at radius 1 is 1.04 bits per heavy atom. The SMILES string of the molecule is Cc1nc2ccccc2n1C1CN(c2ccnc(C3CC3)n2)C1. The fourth-order valence-electron chi connectivity index (χ4n) is 3.51. The third kappa shape index (κ3) is 2.11. The highest BCUT2D eigenvalue weighted by molar-refractivity contribution is 5.76. The molecule has 1 aromatic carbocycles. The van der Waals surface area contributed by atoms with Crippen LogP contribution in [0.4, 0.5) is 5.82 Å². The van der Waals surface area contributed by atoms with Crippen LogP contribution in [0.1, 0.15) is 36.5 Å². The Morgan fingerprint density at radius 3 is 2.70 bits per heavy atom. The molecule has 23 heavy (non-hydrogen) atoms. The predicted molar refractivity (Wildman–Crippen MR) is 89.7 cm³/mol. The van der Waals surface area contributed by atoms with Crippen molar-refractivity contribution in [2.45, 2.75) is 31.7 Å². The van der Waals surface area contributed by atoms with Crippen molar-refractivity contribution >= 4 is 16.9 Å². The third-order valence-corrected chi connectivity index (χ3v) is 4.93. The first-order valence-electron chi connectivity index (χ1n) is 8.31. The number of anilines is 1. The molecule has 3 aromatic rings. The fraction of sp³-hybridized carbons (Fsp3) is 0.389. The van der Waals surface area contributed by atoms with Crippen molar-refractivity contribution in [3.8, 4) is 0 Å². The van der Waals surface area contributed by atoms with Crippen LogP contribution < -0.4 is 4.90 Å². The molecule has 2 aromatic heterocycles. The number of nitrogens with zero attached hydrogens (tertiary/aromatic N) is 5. The highest BCUT2D eigenvalue weighted by Crippen LogP contribution is 2.39. The predicted octanol–water partition coefficient (Wildman–Crippen LogP) is 3.07. The average molecular weight is 305 g/mol. The lowest BCUT2D eigenvalue weighted by Gasteiger charge is -2.41. The molecule has 0 radical (unpaired) electrons. The minimum Gasteiger partial charge on any atom is -0.352 e. The Morgan fingerprint density at radius 2 is 1.87 bits per heavy atom. The average Bonchev–Trinajstić information content (AvgIpc) is 3.32. The number of hydrogen-bond acceptors (Lipinski definition) is 4. The fourth-order valence-corrected chi connectivity index (χ4v) is 3.51. The van der Waals surface area contributed by atoms with Crippen molar-refractivity contribution in [1.29, 1.82) is 0 Å². The van der Waals surface area contributed by atoms with Crippen molar-refractivity contribution < 1.29 is 0 Å². The normalized spacial score (nSPS) is 18.4. The first kappa shape index (κ1) is 13.0. The van der Waals surface area contributed by atoms with Gasteiger partial charge in [0.2, 0.25) is 0 Å². The summed E-state index contributed by atoms with van der Waals surface area (Å²) in [5.74, 6) is 3.79. The molecule has 5 heteroatoms. The zero-order valence-electron chi connectivity index (χ0n) is 13.2. The second-order valence-corrected chi connectivity index (χ2v) is 6.62. The highest BCUT2D eigenvalue weighted by atomic mass is 15.3. The monoisotopic (exact) mass is 305 g/mol. The summed E-state index contributed by atoms with van der Waals surface area (Å²) in [6.45, 7) is 4.07. The lowest BCUT2D eigenvalue weighted by Crippen LogP contribution is -2.48. The van der Waals surface area contributed by atoms with E-state index in [1.807, 2.05) is 18.3 Å². The molecule has 1 saturated carbocycles. The van der Waals surface area contributed by atoms with E-state index in [1.165, 1.54) is 18.4 Å². The number of para-hydroxylation sites is 2. The van der Waals surface area contributed by atoms with Gasteiger partial charge in [-0.15, -0.1) is 0 Å². The van der Waals surface area contributed by atoms with Gasteiger partial charge in [-0.1, -0.05) is 12.1 Å². The maximum absolute atomic E-state index is 4.75. The Bertz CT molecular complexity index is 874. The van der Waals surface area contributed by atoms with E-state index in [0.29, 0.717) is 12.0 Å². The van der Waals surface area contributed by atoms with E-state index >= 15 is 0 Å². The molecule has 5 nitrogen and oxygen atoms in total. The lowest BCUT2D eigenvalue weighted by atomic mass is 10.1. The summed E-state index contributed by atoms with van der Waals surface area (Å²) < 4.78 is 2.37. The number of fused-ring (bicyclic) bond motifs is 1. The molecule has 2 fully saturated rings. The summed E-state index contributed by atoms with van der Waals surface area (Å²) in [7, 11) is 0. The van der Waals surface area contributed by atoms with Crippen molar-refractivity contribution in [3.63, 3.8) is 0 Å². The van der Waals surface area contributed by atoms with E-state index in [1.54, 1.807) is 0 Å². The van der Waals surface area contributed by atoms with E-state index in [4.69, 9.17) is 4.98 Å². The quantitative estimate of drug-likeness (QED) is 0.746. The lowest BCUT2D eigenvalue weighted by molar-refractivity contribution is 0.398. The summed E-state index contributed by atoms with van der Waals surface area (Å²) in [5, 5.41) is 0. The first-order chi connectivity index (χ1) is 11.3. The van der Waals surface area contributed by atoms with Gasteiger partial charge < -0.3 is 9.47 Å². The number of aromatic nitrogens is 4. The van der Waals surface area contributed by atoms with Crippen LogP contribution in [0.25, 0.3) is 11.0 Å². The molecule has 0 bridgehead atoms. The third-order valence-electron chi connectivity index (χ3n) is 4.93. The summed E-state index contributed by atoms with van der Waals surface area (Å²) in [6, 6.07) is 10.9. The minimum atomic E-state index is 0.474. The Balaban J connectivity index is 1.40. The Kier molecular flexibility index (Phi) is 2.71. The summed E-state index contributed by atoms with van der Waals surface area (Å²) >= 11 is 0. The standard InChI is InChI=1S/C18H19N5/c1-12-20-15-4-2-3-5-16(15)23(12)14-10-22(11-14)17-8-9-19-18(21-17)13-6-7-13/h2-5,8-9,13-14H,6-7,10-11H2,1H3. The summed E-state index contributed by atoms with van der Waals surface area (Å²) in [5.41, 5.74) is 2.32. The first-order valence-corrected chi connectivity index (χ1v) is 8.31. The maximum atomic E-state index is 4.75. The molecule has 5 rings (SSSR count). The van der Waals surface area contributed by atoms with Crippen LogP contribution in [0.5, 0.6) is 0 Å². The van der Waals surface area contributed by atoms with Gasteiger partial charge in [-0.3, -0.25) is 0 Å². The summed E-state index contributed by atoms with van der Waals surface area (Å²) in [4.78, 5) is 16.2. The molecule has 0 amide bonds. The summed E-state index contributed by atoms with van der Waals surface area (Å²) in [6.07, 6.45) is 4.39. The minimum absolute atomic E-state index is 0.474. The number of benzene rings is 1. The van der Waals surface area contributed by atoms with Gasteiger partial charge in [-0.2, -0.15) is 0 Å². The van der Waals surface area contributed by atoms with E-state index in [2.05, 4.69) is 44.6 Å². The van der Waals surface area contributed by atoms with Gasteiger partial charge in [-0.25, -0.2) is 15.0 Å². The molecule has 0 N–H and O–H groups in total. The van der Waals surface area contributed by atoms with Gasteiger partial charge in [0.05, 0.1) is 17.1 Å². The van der Waals surface area contributed by atoms with Gasteiger partial charge in [-0.05, 0) is 38.0 Å². The molecule has 116 valence electrons. The Labute approximate surface area is 135 Å². The highest BCUT2D eigenvalue weighted by Gasteiger charge is 2.32. The molecular weight excluding hydrogens is 286 g/mol. The van der Waals surface area contributed by atoms with Crippen molar-refractivity contribution in [2.75, 3.05) is 18.0 Å². The van der Waals surface area contributed by atoms with Crippen molar-refractivity contribution in [1.82, 2.24) is 19.5 Å². The number of imidazole rings is 1. The molecular formula is C18H19N5. The van der Waals surface area contributed by atoms with Gasteiger partial charge in [0.25, 0.3) is 0 Å². The van der Waals surface area contributed by atoms with E-state index < -0.39 is 0 Å². The number of aryl methyl sites for hydroxylation is 1. The molecule has 0 spiro atoms. The second kappa shape index (κ2) is 4.78. The van der Waals surface area contributed by atoms with Gasteiger partial charge >= 0.3 is 0 Å². The molecule has 0 atom stereocenters. The topological polar surface area (TPSA) is 46.8 Å². The Hall–Kier alpha value is -2.43. The van der Waals surface area contributed by atoms with Crippen LogP contribution >= 0.6 is 0 Å². The zero-order chi connectivity index (χ0) is 15.4. The number of hydrogen-bond donors (Lipinski definition) is 0. The molecule has 2 aliphatic rings. The van der Waals surface area contributed by atoms with Crippen LogP contribution in [-0.4, -0.2) is 32.6 Å². The smallest absolute Gasteiger partial charge is 0.133 e. The van der Waals surface area contributed by atoms with Crippen molar-refractivity contribution in [2.24, 2.45) is 0 Å². The van der Waals surface area contributed by atoms with Crippen molar-refractivity contribution in [3.05, 3.63) is 48.2 Å². The van der Waals surface area contributed by atoms with Gasteiger partial charge in [0, 0.05) is 25.2 Å². The van der Waals surface area contributed by atoms with Crippen LogP contribution in [0, 0.1) is 6.92 Å². The molecule has 3 heterocycles. The molecule has 0 unspecified atom stereocenters. The van der Waals surface area contributed by atoms with E-state index in [9.17, 15) is 0 Å². The molecule has 1 aliphatic carbocycles. The maximum Gasteiger partial charge on any atom is 0.133 e. The van der Waals surface area contributed by atoms with Crippen LogP contribution in [-0.2, 0) is 0 Å². The van der Waals surface area contributed by atoms with E-state index in [0.717, 1.165) is 36.1 Å². The molecule has 1 saturated heterocycles. The van der Waals surface area contributed by atoms with Crippen LogP contribution in [0.15, 0.2) is 36.5 Å². The van der Waals surface area contributed by atoms with Gasteiger partial charge in [0.1, 0.15) is 17.5 Å². The van der Waals surface area contributed by atoms with E-state index in [-0.39, 0.29) is 0 Å². The largest absolute Gasteiger partial charge is 0.352 e. The number of rotatable bonds is 3. The van der Waals surface area contributed by atoms with Crippen LogP contribution in [0.2, 0.25) is 0 Å². The van der Waals surface area contributed by atoms with Crippen LogP contribution in [0.3, 0.4) is 0 Å². The second-order valence-electron chi connectivity index (χ2n) is 6.62. The zero-order valence-corrected chi connectivity index (χ0v) is 13.2.